The number of hydrogen-bond acceptors (Lipinski definition) is 3. The SMILES string of the molecule is CCOC(=O)c1ccccc1NC1CCCC1. The fraction of sp³-hybridized carbons (Fsp3) is 0.500. The van der Waals surface area contributed by atoms with Crippen molar-refractivity contribution in [3.05, 3.63) is 29.8 Å². The molecule has 0 heterocycles. The summed E-state index contributed by atoms with van der Waals surface area (Å²) in [6.07, 6.45) is 4.94. The molecule has 0 amide bonds. The fourth-order valence-corrected chi connectivity index (χ4v) is 2.29. The van der Waals surface area contributed by atoms with Crippen molar-refractivity contribution in [2.45, 2.75) is 38.6 Å². The van der Waals surface area contributed by atoms with Gasteiger partial charge < -0.3 is 10.1 Å². The number of carbonyl (C=O) groups excluding carboxylic acids is 1. The highest BCUT2D eigenvalue weighted by Crippen LogP contribution is 2.24. The molecule has 1 N–H and O–H groups in total. The van der Waals surface area contributed by atoms with Gasteiger partial charge in [0.15, 0.2) is 0 Å². The highest BCUT2D eigenvalue weighted by molar-refractivity contribution is 5.95. The zero-order chi connectivity index (χ0) is 12.1. The average molecular weight is 233 g/mol. The van der Waals surface area contributed by atoms with Crippen LogP contribution in [0.25, 0.3) is 0 Å². The molecular formula is C14H19NO2. The fourth-order valence-electron chi connectivity index (χ4n) is 2.29. The molecule has 1 aromatic rings. The van der Waals surface area contributed by atoms with E-state index < -0.39 is 0 Å². The van der Waals surface area contributed by atoms with Gasteiger partial charge in [0.25, 0.3) is 0 Å². The number of esters is 1. The van der Waals surface area contributed by atoms with E-state index in [1.807, 2.05) is 31.2 Å². The van der Waals surface area contributed by atoms with Gasteiger partial charge in [-0.2, -0.15) is 0 Å². The standard InChI is InChI=1S/C14H19NO2/c1-2-17-14(16)12-9-5-6-10-13(12)15-11-7-3-4-8-11/h5-6,9-11,15H,2-4,7-8H2,1H3. The Balaban J connectivity index is 2.12. The molecule has 1 saturated carbocycles. The molecule has 0 atom stereocenters. The van der Waals surface area contributed by atoms with Crippen molar-refractivity contribution in [3.8, 4) is 0 Å². The summed E-state index contributed by atoms with van der Waals surface area (Å²) >= 11 is 0. The van der Waals surface area contributed by atoms with Crippen molar-refractivity contribution in [3.63, 3.8) is 0 Å². The lowest BCUT2D eigenvalue weighted by atomic mass is 10.1. The van der Waals surface area contributed by atoms with Crippen LogP contribution < -0.4 is 5.32 Å². The third kappa shape index (κ3) is 2.99. The van der Waals surface area contributed by atoms with Crippen LogP contribution in [-0.4, -0.2) is 18.6 Å². The molecule has 92 valence electrons. The lowest BCUT2D eigenvalue weighted by Gasteiger charge is -2.16. The third-order valence-corrected chi connectivity index (χ3v) is 3.14. The Morgan fingerprint density at radius 2 is 2.06 bits per heavy atom. The van der Waals surface area contributed by atoms with E-state index in [2.05, 4.69) is 5.32 Å². The van der Waals surface area contributed by atoms with E-state index in [-0.39, 0.29) is 5.97 Å². The van der Waals surface area contributed by atoms with Crippen molar-refractivity contribution in [1.29, 1.82) is 0 Å². The normalized spacial score (nSPS) is 15.8. The Morgan fingerprint density at radius 3 is 2.76 bits per heavy atom. The number of ether oxygens (including phenoxy) is 1. The zero-order valence-electron chi connectivity index (χ0n) is 10.2. The van der Waals surface area contributed by atoms with Crippen molar-refractivity contribution < 1.29 is 9.53 Å². The topological polar surface area (TPSA) is 38.3 Å². The molecule has 1 aliphatic rings. The molecule has 3 heteroatoms. The summed E-state index contributed by atoms with van der Waals surface area (Å²) in [5, 5.41) is 3.45. The second-order valence-electron chi connectivity index (χ2n) is 4.39. The highest BCUT2D eigenvalue weighted by Gasteiger charge is 2.18. The van der Waals surface area contributed by atoms with Crippen LogP contribution in [0.1, 0.15) is 43.0 Å². The average Bonchev–Trinajstić information content (AvgIpc) is 2.83. The molecule has 0 radical (unpaired) electrons. The van der Waals surface area contributed by atoms with Gasteiger partial charge in [-0.25, -0.2) is 4.79 Å². The molecule has 0 unspecified atom stereocenters. The molecule has 17 heavy (non-hydrogen) atoms. The van der Waals surface area contributed by atoms with Gasteiger partial charge in [-0.1, -0.05) is 25.0 Å². The Labute approximate surface area is 102 Å². The van der Waals surface area contributed by atoms with Gasteiger partial charge in [0.05, 0.1) is 12.2 Å². The monoisotopic (exact) mass is 233 g/mol. The molecule has 0 spiro atoms. The number of hydrogen-bond donors (Lipinski definition) is 1. The first-order valence-corrected chi connectivity index (χ1v) is 6.34. The van der Waals surface area contributed by atoms with Gasteiger partial charge in [0.1, 0.15) is 0 Å². The van der Waals surface area contributed by atoms with Gasteiger partial charge in [-0.3, -0.25) is 0 Å². The van der Waals surface area contributed by atoms with Crippen molar-refractivity contribution in [1.82, 2.24) is 0 Å². The first kappa shape index (κ1) is 12.0. The van der Waals surface area contributed by atoms with E-state index in [1.54, 1.807) is 0 Å². The second-order valence-corrected chi connectivity index (χ2v) is 4.39. The van der Waals surface area contributed by atoms with Crippen LogP contribution in [0, 0.1) is 0 Å². The Morgan fingerprint density at radius 1 is 1.35 bits per heavy atom. The molecule has 0 bridgehead atoms. The summed E-state index contributed by atoms with van der Waals surface area (Å²) in [7, 11) is 0. The molecular weight excluding hydrogens is 214 g/mol. The Kier molecular flexibility index (Phi) is 4.02. The van der Waals surface area contributed by atoms with Crippen LogP contribution in [0.4, 0.5) is 5.69 Å². The van der Waals surface area contributed by atoms with Gasteiger partial charge in [-0.05, 0) is 31.9 Å². The van der Waals surface area contributed by atoms with Crippen molar-refractivity contribution >= 4 is 11.7 Å². The summed E-state index contributed by atoms with van der Waals surface area (Å²) in [5.74, 6) is -0.242. The molecule has 0 aliphatic heterocycles. The van der Waals surface area contributed by atoms with Gasteiger partial charge in [0.2, 0.25) is 0 Å². The summed E-state index contributed by atoms with van der Waals surface area (Å²) in [6.45, 7) is 2.24. The van der Waals surface area contributed by atoms with E-state index in [4.69, 9.17) is 4.74 Å². The van der Waals surface area contributed by atoms with Gasteiger partial charge in [-0.15, -0.1) is 0 Å². The number of rotatable bonds is 4. The largest absolute Gasteiger partial charge is 0.462 e. The number of para-hydroxylation sites is 1. The lowest BCUT2D eigenvalue weighted by Crippen LogP contribution is -2.17. The quantitative estimate of drug-likeness (QED) is 0.811. The zero-order valence-corrected chi connectivity index (χ0v) is 10.2. The summed E-state index contributed by atoms with van der Waals surface area (Å²) in [5.41, 5.74) is 1.54. The van der Waals surface area contributed by atoms with E-state index in [0.717, 1.165) is 5.69 Å². The minimum absolute atomic E-state index is 0.242. The Bertz CT molecular complexity index is 384. The minimum Gasteiger partial charge on any atom is -0.462 e. The predicted octanol–water partition coefficient (Wildman–Crippen LogP) is 3.22. The summed E-state index contributed by atoms with van der Waals surface area (Å²) < 4.78 is 5.05. The number of nitrogens with one attached hydrogen (secondary N) is 1. The van der Waals surface area contributed by atoms with Crippen LogP contribution in [0.5, 0.6) is 0 Å². The summed E-state index contributed by atoms with van der Waals surface area (Å²) in [4.78, 5) is 11.8. The van der Waals surface area contributed by atoms with Crippen LogP contribution in [0.3, 0.4) is 0 Å². The van der Waals surface area contributed by atoms with Crippen LogP contribution in [0.15, 0.2) is 24.3 Å². The first-order chi connectivity index (χ1) is 8.31. The molecule has 3 nitrogen and oxygen atoms in total. The van der Waals surface area contributed by atoms with Crippen LogP contribution in [0.2, 0.25) is 0 Å². The van der Waals surface area contributed by atoms with Crippen LogP contribution >= 0.6 is 0 Å². The number of anilines is 1. The summed E-state index contributed by atoms with van der Waals surface area (Å²) in [6, 6.07) is 8.08. The van der Waals surface area contributed by atoms with E-state index in [0.29, 0.717) is 18.2 Å². The van der Waals surface area contributed by atoms with Crippen molar-refractivity contribution in [2.24, 2.45) is 0 Å². The van der Waals surface area contributed by atoms with Gasteiger partial charge >= 0.3 is 5.97 Å². The second kappa shape index (κ2) is 5.71. The van der Waals surface area contributed by atoms with E-state index >= 15 is 0 Å². The lowest BCUT2D eigenvalue weighted by molar-refractivity contribution is 0.0527. The molecule has 1 aliphatic carbocycles. The highest BCUT2D eigenvalue weighted by atomic mass is 16.5. The molecule has 0 saturated heterocycles. The maximum atomic E-state index is 11.8. The third-order valence-electron chi connectivity index (χ3n) is 3.14. The molecule has 0 aromatic heterocycles. The van der Waals surface area contributed by atoms with Gasteiger partial charge in [0, 0.05) is 11.7 Å². The van der Waals surface area contributed by atoms with E-state index in [9.17, 15) is 4.79 Å². The predicted molar refractivity (Wildman–Crippen MR) is 68.3 cm³/mol. The van der Waals surface area contributed by atoms with Crippen molar-refractivity contribution in [2.75, 3.05) is 11.9 Å². The number of carbonyl (C=O) groups is 1. The maximum Gasteiger partial charge on any atom is 0.340 e. The molecule has 1 aromatic carbocycles. The number of benzene rings is 1. The van der Waals surface area contributed by atoms with E-state index in [1.165, 1.54) is 25.7 Å². The minimum atomic E-state index is -0.242. The first-order valence-electron chi connectivity index (χ1n) is 6.34. The smallest absolute Gasteiger partial charge is 0.340 e. The molecule has 1 fully saturated rings. The maximum absolute atomic E-state index is 11.8. The Hall–Kier alpha value is -1.51. The van der Waals surface area contributed by atoms with Crippen LogP contribution in [-0.2, 0) is 4.74 Å². The molecule has 2 rings (SSSR count).